The molecule has 0 aliphatic carbocycles. The molecule has 2 heterocycles. The summed E-state index contributed by atoms with van der Waals surface area (Å²) in [6, 6.07) is 9.03. The van der Waals surface area contributed by atoms with Gasteiger partial charge in [0.2, 0.25) is 0 Å². The summed E-state index contributed by atoms with van der Waals surface area (Å²) in [5, 5.41) is 7.90. The molecule has 0 fully saturated rings. The second kappa shape index (κ2) is 5.45. The third-order valence-electron chi connectivity index (χ3n) is 4.06. The molecule has 0 atom stereocenters. The third-order valence-corrected chi connectivity index (χ3v) is 4.77. The largest absolute Gasteiger partial charge is 0.492 e. The maximum Gasteiger partial charge on any atom is 0.272 e. The van der Waals surface area contributed by atoms with Crippen molar-refractivity contribution < 1.29 is 9.13 Å². The number of rotatable bonds is 2. The number of ether oxygens (including phenoxy) is 1. The predicted octanol–water partition coefficient (Wildman–Crippen LogP) is 3.35. The van der Waals surface area contributed by atoms with Gasteiger partial charge < -0.3 is 4.74 Å². The Kier molecular flexibility index (Phi) is 3.41. The number of aromatic nitrogens is 2. The van der Waals surface area contributed by atoms with E-state index in [1.807, 2.05) is 18.2 Å². The maximum absolute atomic E-state index is 14.6. The molecule has 0 amide bonds. The molecule has 0 saturated heterocycles. The van der Waals surface area contributed by atoms with Crippen molar-refractivity contribution >= 4 is 26.7 Å². The van der Waals surface area contributed by atoms with Crippen LogP contribution in [0.15, 0.2) is 39.6 Å². The van der Waals surface area contributed by atoms with Gasteiger partial charge in [-0.1, -0.05) is 18.2 Å². The highest BCUT2D eigenvalue weighted by atomic mass is 79.9. The zero-order chi connectivity index (χ0) is 16.0. The van der Waals surface area contributed by atoms with Crippen molar-refractivity contribution in [2.75, 3.05) is 6.61 Å². The Bertz CT molecular complexity index is 984. The summed E-state index contributed by atoms with van der Waals surface area (Å²) in [6.45, 7) is 0.566. The topological polar surface area (TPSA) is 55.0 Å². The summed E-state index contributed by atoms with van der Waals surface area (Å²) < 4.78 is 20.4. The van der Waals surface area contributed by atoms with Crippen molar-refractivity contribution in [3.8, 4) is 5.75 Å². The first-order valence-electron chi connectivity index (χ1n) is 7.24. The average Bonchev–Trinajstić information content (AvgIpc) is 3.03. The lowest BCUT2D eigenvalue weighted by atomic mass is 10.0. The summed E-state index contributed by atoms with van der Waals surface area (Å²) in [7, 11) is 0. The molecular formula is C17H12BrFN2O2. The van der Waals surface area contributed by atoms with Crippen LogP contribution in [0.25, 0.3) is 10.8 Å². The molecular weight excluding hydrogens is 363 g/mol. The van der Waals surface area contributed by atoms with Crippen LogP contribution in [0, 0.1) is 5.82 Å². The number of fused-ring (bicyclic) bond motifs is 2. The van der Waals surface area contributed by atoms with Crippen molar-refractivity contribution in [3.05, 3.63) is 67.8 Å². The quantitative estimate of drug-likeness (QED) is 0.748. The van der Waals surface area contributed by atoms with Crippen LogP contribution in [0.2, 0.25) is 0 Å². The summed E-state index contributed by atoms with van der Waals surface area (Å²) >= 11 is 3.28. The first-order valence-corrected chi connectivity index (χ1v) is 8.03. The molecule has 6 heteroatoms. The first-order chi connectivity index (χ1) is 11.1. The van der Waals surface area contributed by atoms with Gasteiger partial charge in [-0.2, -0.15) is 5.10 Å². The Morgan fingerprint density at radius 2 is 2.09 bits per heavy atom. The molecule has 0 radical (unpaired) electrons. The van der Waals surface area contributed by atoms with Crippen molar-refractivity contribution in [1.29, 1.82) is 0 Å². The number of H-pyrrole nitrogens is 1. The van der Waals surface area contributed by atoms with Crippen molar-refractivity contribution in [3.63, 3.8) is 0 Å². The van der Waals surface area contributed by atoms with E-state index in [1.165, 1.54) is 0 Å². The number of aromatic amines is 1. The highest BCUT2D eigenvalue weighted by Crippen LogP contribution is 2.38. The highest BCUT2D eigenvalue weighted by molar-refractivity contribution is 9.10. The molecule has 0 spiro atoms. The van der Waals surface area contributed by atoms with Gasteiger partial charge in [-0.3, -0.25) is 4.79 Å². The van der Waals surface area contributed by atoms with Crippen LogP contribution < -0.4 is 10.3 Å². The Labute approximate surface area is 139 Å². The van der Waals surface area contributed by atoms with E-state index >= 15 is 0 Å². The van der Waals surface area contributed by atoms with Crippen LogP contribution in [0.4, 0.5) is 4.39 Å². The van der Waals surface area contributed by atoms with E-state index in [9.17, 15) is 9.18 Å². The Balaban J connectivity index is 1.85. The smallest absolute Gasteiger partial charge is 0.272 e. The fourth-order valence-corrected chi connectivity index (χ4v) is 3.56. The first kappa shape index (κ1) is 14.4. The summed E-state index contributed by atoms with van der Waals surface area (Å²) in [4.78, 5) is 11.8. The molecule has 1 aromatic heterocycles. The number of benzene rings is 2. The fourth-order valence-electron chi connectivity index (χ4n) is 2.94. The van der Waals surface area contributed by atoms with Crippen LogP contribution in [0.1, 0.15) is 16.8 Å². The lowest BCUT2D eigenvalue weighted by Gasteiger charge is -2.10. The second-order valence-corrected chi connectivity index (χ2v) is 6.27. The third kappa shape index (κ3) is 2.34. The van der Waals surface area contributed by atoms with Gasteiger partial charge in [0.1, 0.15) is 11.6 Å². The molecule has 23 heavy (non-hydrogen) atoms. The van der Waals surface area contributed by atoms with Crippen LogP contribution in [-0.2, 0) is 12.8 Å². The van der Waals surface area contributed by atoms with E-state index in [-0.39, 0.29) is 11.4 Å². The normalized spacial score (nSPS) is 13.1. The van der Waals surface area contributed by atoms with E-state index in [4.69, 9.17) is 4.74 Å². The lowest BCUT2D eigenvalue weighted by Crippen LogP contribution is -2.11. The van der Waals surface area contributed by atoms with Gasteiger partial charge in [-0.05, 0) is 39.2 Å². The van der Waals surface area contributed by atoms with Crippen molar-refractivity contribution in [2.45, 2.75) is 12.8 Å². The van der Waals surface area contributed by atoms with Gasteiger partial charge in [-0.15, -0.1) is 0 Å². The number of nitrogens with zero attached hydrogens (tertiary/aromatic N) is 1. The standard InChI is InChI=1S/C17H12BrFN2O2/c18-14-15(19)10(7-9-5-6-23-16(9)14)8-13-11-3-1-2-4-12(11)17(22)21-20-13/h1-4,7H,5-6,8H2,(H,21,22). The Morgan fingerprint density at radius 3 is 2.91 bits per heavy atom. The molecule has 116 valence electrons. The zero-order valence-corrected chi connectivity index (χ0v) is 13.6. The highest BCUT2D eigenvalue weighted by Gasteiger charge is 2.22. The Morgan fingerprint density at radius 1 is 1.30 bits per heavy atom. The van der Waals surface area contributed by atoms with Crippen LogP contribution >= 0.6 is 15.9 Å². The van der Waals surface area contributed by atoms with Gasteiger partial charge in [0, 0.05) is 18.2 Å². The van der Waals surface area contributed by atoms with E-state index in [1.54, 1.807) is 12.1 Å². The minimum Gasteiger partial charge on any atom is -0.492 e. The second-order valence-electron chi connectivity index (χ2n) is 5.47. The van der Waals surface area contributed by atoms with Gasteiger partial charge in [0.05, 0.1) is 22.2 Å². The molecule has 1 N–H and O–H groups in total. The molecule has 0 saturated carbocycles. The monoisotopic (exact) mass is 374 g/mol. The van der Waals surface area contributed by atoms with Gasteiger partial charge in [0.15, 0.2) is 0 Å². The van der Waals surface area contributed by atoms with Crippen LogP contribution in [-0.4, -0.2) is 16.8 Å². The van der Waals surface area contributed by atoms with Gasteiger partial charge in [0.25, 0.3) is 5.56 Å². The Hall–Kier alpha value is -2.21. The lowest BCUT2D eigenvalue weighted by molar-refractivity contribution is 0.352. The SMILES string of the molecule is O=c1[nH]nc(Cc2cc3c(c(Br)c2F)OCC3)c2ccccc12. The molecule has 3 aromatic rings. The van der Waals surface area contributed by atoms with Gasteiger partial charge in [-0.25, -0.2) is 9.49 Å². The predicted molar refractivity (Wildman–Crippen MR) is 88.5 cm³/mol. The fraction of sp³-hybridized carbons (Fsp3) is 0.176. The summed E-state index contributed by atoms with van der Waals surface area (Å²) in [6.07, 6.45) is 1.07. The molecule has 1 aliphatic rings. The van der Waals surface area contributed by atoms with E-state index in [2.05, 4.69) is 26.1 Å². The number of hydrogen-bond acceptors (Lipinski definition) is 3. The van der Waals surface area contributed by atoms with Gasteiger partial charge >= 0.3 is 0 Å². The van der Waals surface area contributed by atoms with E-state index < -0.39 is 0 Å². The maximum atomic E-state index is 14.6. The molecule has 4 nitrogen and oxygen atoms in total. The van der Waals surface area contributed by atoms with Crippen LogP contribution in [0.3, 0.4) is 0 Å². The molecule has 0 unspecified atom stereocenters. The molecule has 2 aromatic carbocycles. The minimum absolute atomic E-state index is 0.242. The van der Waals surface area contributed by atoms with Crippen LogP contribution in [0.5, 0.6) is 5.75 Å². The average molecular weight is 375 g/mol. The molecule has 0 bridgehead atoms. The van der Waals surface area contributed by atoms with E-state index in [0.29, 0.717) is 39.9 Å². The molecule has 4 rings (SSSR count). The number of nitrogens with one attached hydrogen (secondary N) is 1. The molecule has 1 aliphatic heterocycles. The van der Waals surface area contributed by atoms with Crippen molar-refractivity contribution in [2.24, 2.45) is 0 Å². The van der Waals surface area contributed by atoms with E-state index in [0.717, 1.165) is 17.4 Å². The zero-order valence-electron chi connectivity index (χ0n) is 12.0. The van der Waals surface area contributed by atoms with Crippen molar-refractivity contribution in [1.82, 2.24) is 10.2 Å². The summed E-state index contributed by atoms with van der Waals surface area (Å²) in [5.74, 6) is 0.244. The number of halogens is 2. The number of hydrogen-bond donors (Lipinski definition) is 1. The summed E-state index contributed by atoms with van der Waals surface area (Å²) in [5.41, 5.74) is 1.92. The minimum atomic E-state index is -0.345.